The molecule has 27 heavy (non-hydrogen) atoms. The van der Waals surface area contributed by atoms with Crippen LogP contribution < -0.4 is 19.5 Å². The standard InChI is InChI=1S/C19H17N3O5/c23-18(20-9-15-10-25-16-3-1-2-4-17(16)27-15)11-24-14-7-5-13(6-8-14)19-22-21-12-26-19/h1-8,12,15H,9-11H2,(H,20,23)/t15-/m0/s1. The van der Waals surface area contributed by atoms with Crippen LogP contribution in [0, 0.1) is 0 Å². The maximum absolute atomic E-state index is 12.0. The van der Waals surface area contributed by atoms with E-state index in [2.05, 4.69) is 15.5 Å². The van der Waals surface area contributed by atoms with Crippen molar-refractivity contribution < 1.29 is 23.4 Å². The smallest absolute Gasteiger partial charge is 0.258 e. The number of rotatable bonds is 6. The lowest BCUT2D eigenvalue weighted by molar-refractivity contribution is -0.123. The van der Waals surface area contributed by atoms with E-state index >= 15 is 0 Å². The molecule has 0 saturated heterocycles. The minimum atomic E-state index is -0.238. The summed E-state index contributed by atoms with van der Waals surface area (Å²) in [7, 11) is 0. The van der Waals surface area contributed by atoms with Crippen LogP contribution in [-0.2, 0) is 4.79 Å². The number of carbonyl (C=O) groups is 1. The van der Waals surface area contributed by atoms with Gasteiger partial charge in [0.05, 0.1) is 6.54 Å². The summed E-state index contributed by atoms with van der Waals surface area (Å²) in [5.41, 5.74) is 0.777. The van der Waals surface area contributed by atoms with Crippen LogP contribution in [0.3, 0.4) is 0 Å². The van der Waals surface area contributed by atoms with Crippen molar-refractivity contribution in [1.29, 1.82) is 0 Å². The van der Waals surface area contributed by atoms with Crippen molar-refractivity contribution in [3.8, 4) is 28.7 Å². The van der Waals surface area contributed by atoms with Crippen molar-refractivity contribution in [2.45, 2.75) is 6.10 Å². The zero-order valence-corrected chi connectivity index (χ0v) is 14.3. The first kappa shape index (κ1) is 16.9. The Morgan fingerprint density at radius 1 is 1.15 bits per heavy atom. The second kappa shape index (κ2) is 7.77. The fourth-order valence-corrected chi connectivity index (χ4v) is 2.58. The molecule has 138 valence electrons. The molecule has 2 aromatic carbocycles. The quantitative estimate of drug-likeness (QED) is 0.712. The van der Waals surface area contributed by atoms with Crippen LogP contribution in [0.25, 0.3) is 11.5 Å². The Bertz CT molecular complexity index is 896. The Morgan fingerprint density at radius 3 is 2.74 bits per heavy atom. The minimum Gasteiger partial charge on any atom is -0.486 e. The monoisotopic (exact) mass is 367 g/mol. The van der Waals surface area contributed by atoms with Crippen molar-refractivity contribution in [2.24, 2.45) is 0 Å². The summed E-state index contributed by atoms with van der Waals surface area (Å²) in [5, 5.41) is 10.2. The molecule has 0 fully saturated rings. The molecule has 4 rings (SSSR count). The number of nitrogens with zero attached hydrogens (tertiary/aromatic N) is 2. The lowest BCUT2D eigenvalue weighted by Gasteiger charge is -2.26. The van der Waals surface area contributed by atoms with Crippen molar-refractivity contribution >= 4 is 5.91 Å². The van der Waals surface area contributed by atoms with Crippen LogP contribution >= 0.6 is 0 Å². The van der Waals surface area contributed by atoms with Crippen molar-refractivity contribution in [2.75, 3.05) is 19.8 Å². The van der Waals surface area contributed by atoms with Crippen LogP contribution in [0.15, 0.2) is 59.3 Å². The molecule has 0 saturated carbocycles. The molecule has 8 nitrogen and oxygen atoms in total. The van der Waals surface area contributed by atoms with E-state index in [1.807, 2.05) is 24.3 Å². The maximum Gasteiger partial charge on any atom is 0.258 e. The number of fused-ring (bicyclic) bond motifs is 1. The van der Waals surface area contributed by atoms with Crippen LogP contribution in [-0.4, -0.2) is 42.0 Å². The molecule has 1 N–H and O–H groups in total. The molecule has 1 atom stereocenters. The van der Waals surface area contributed by atoms with Crippen LogP contribution in [0.2, 0.25) is 0 Å². The Morgan fingerprint density at radius 2 is 1.96 bits per heavy atom. The molecule has 8 heteroatoms. The molecule has 2 heterocycles. The predicted octanol–water partition coefficient (Wildman–Crippen LogP) is 2.07. The first-order valence-electron chi connectivity index (χ1n) is 8.42. The maximum atomic E-state index is 12.0. The Balaban J connectivity index is 1.22. The van der Waals surface area contributed by atoms with E-state index in [0.717, 1.165) is 5.56 Å². The Kier molecular flexibility index (Phi) is 4.86. The van der Waals surface area contributed by atoms with Crippen molar-refractivity contribution in [3.05, 3.63) is 54.9 Å². The Hall–Kier alpha value is -3.55. The van der Waals surface area contributed by atoms with Gasteiger partial charge in [0.1, 0.15) is 18.5 Å². The lowest BCUT2D eigenvalue weighted by Crippen LogP contribution is -2.42. The minimum absolute atomic E-state index is 0.0932. The van der Waals surface area contributed by atoms with Gasteiger partial charge in [0.15, 0.2) is 18.1 Å². The predicted molar refractivity (Wildman–Crippen MR) is 94.6 cm³/mol. The molecule has 1 aliphatic heterocycles. The molecule has 0 spiro atoms. The number of hydrogen-bond donors (Lipinski definition) is 1. The summed E-state index contributed by atoms with van der Waals surface area (Å²) >= 11 is 0. The highest BCUT2D eigenvalue weighted by Crippen LogP contribution is 2.30. The van der Waals surface area contributed by atoms with E-state index in [0.29, 0.717) is 36.3 Å². The number of amides is 1. The summed E-state index contributed by atoms with van der Waals surface area (Å²) in [6.07, 6.45) is 1.03. The van der Waals surface area contributed by atoms with Gasteiger partial charge < -0.3 is 23.9 Å². The van der Waals surface area contributed by atoms with Gasteiger partial charge in [-0.25, -0.2) is 0 Å². The highest BCUT2D eigenvalue weighted by Gasteiger charge is 2.21. The highest BCUT2D eigenvalue weighted by atomic mass is 16.6. The molecule has 1 amide bonds. The first-order valence-corrected chi connectivity index (χ1v) is 8.42. The number of nitrogens with one attached hydrogen (secondary N) is 1. The van der Waals surface area contributed by atoms with Gasteiger partial charge in [0.25, 0.3) is 5.91 Å². The van der Waals surface area contributed by atoms with E-state index < -0.39 is 0 Å². The van der Waals surface area contributed by atoms with Gasteiger partial charge in [-0.3, -0.25) is 4.79 Å². The zero-order chi connectivity index (χ0) is 18.5. The topological polar surface area (TPSA) is 95.7 Å². The molecule has 0 aliphatic carbocycles. The van der Waals surface area contributed by atoms with E-state index in [-0.39, 0.29) is 18.6 Å². The number of benzene rings is 2. The number of para-hydroxylation sites is 2. The van der Waals surface area contributed by atoms with Crippen LogP contribution in [0.4, 0.5) is 0 Å². The molecule has 0 unspecified atom stereocenters. The molecule has 0 bridgehead atoms. The van der Waals surface area contributed by atoms with Crippen LogP contribution in [0.5, 0.6) is 17.2 Å². The van der Waals surface area contributed by atoms with Crippen molar-refractivity contribution in [1.82, 2.24) is 15.5 Å². The van der Waals surface area contributed by atoms with Gasteiger partial charge in [-0.05, 0) is 36.4 Å². The van der Waals surface area contributed by atoms with Crippen molar-refractivity contribution in [3.63, 3.8) is 0 Å². The third-order valence-corrected chi connectivity index (χ3v) is 3.93. The van der Waals surface area contributed by atoms with Gasteiger partial charge in [-0.2, -0.15) is 0 Å². The number of ether oxygens (including phenoxy) is 3. The average molecular weight is 367 g/mol. The van der Waals surface area contributed by atoms with Gasteiger partial charge in [0.2, 0.25) is 12.3 Å². The summed E-state index contributed by atoms with van der Waals surface area (Å²) in [6, 6.07) is 14.5. The summed E-state index contributed by atoms with van der Waals surface area (Å²) in [4.78, 5) is 12.0. The summed E-state index contributed by atoms with van der Waals surface area (Å²) in [5.74, 6) is 2.15. The summed E-state index contributed by atoms with van der Waals surface area (Å²) in [6.45, 7) is 0.631. The lowest BCUT2D eigenvalue weighted by atomic mass is 10.2. The second-order valence-electron chi connectivity index (χ2n) is 5.86. The second-order valence-corrected chi connectivity index (χ2v) is 5.86. The molecular formula is C19H17N3O5. The molecule has 1 aliphatic rings. The fourth-order valence-electron chi connectivity index (χ4n) is 2.58. The molecule has 0 radical (unpaired) electrons. The van der Waals surface area contributed by atoms with E-state index in [1.165, 1.54) is 6.39 Å². The van der Waals surface area contributed by atoms with Crippen LogP contribution in [0.1, 0.15) is 0 Å². The molecule has 3 aromatic rings. The fraction of sp³-hybridized carbons (Fsp3) is 0.211. The largest absolute Gasteiger partial charge is 0.486 e. The third-order valence-electron chi connectivity index (χ3n) is 3.93. The van der Waals surface area contributed by atoms with Gasteiger partial charge in [-0.1, -0.05) is 12.1 Å². The Labute approximate surface area is 155 Å². The molecule has 1 aromatic heterocycles. The number of aromatic nitrogens is 2. The number of hydrogen-bond acceptors (Lipinski definition) is 7. The highest BCUT2D eigenvalue weighted by molar-refractivity contribution is 5.77. The summed E-state index contributed by atoms with van der Waals surface area (Å²) < 4.78 is 22.0. The third kappa shape index (κ3) is 4.17. The van der Waals surface area contributed by atoms with E-state index in [4.69, 9.17) is 18.6 Å². The normalized spacial score (nSPS) is 15.2. The molecular weight excluding hydrogens is 350 g/mol. The van der Waals surface area contributed by atoms with Gasteiger partial charge in [0, 0.05) is 5.56 Å². The SMILES string of the molecule is O=C(COc1ccc(-c2nnco2)cc1)NC[C@H]1COc2ccccc2O1. The average Bonchev–Trinajstić information content (AvgIpc) is 3.26. The van der Waals surface area contributed by atoms with E-state index in [1.54, 1.807) is 24.3 Å². The van der Waals surface area contributed by atoms with Gasteiger partial charge >= 0.3 is 0 Å². The van der Waals surface area contributed by atoms with E-state index in [9.17, 15) is 4.79 Å². The number of carbonyl (C=O) groups excluding carboxylic acids is 1. The zero-order valence-electron chi connectivity index (χ0n) is 14.3. The first-order chi connectivity index (χ1) is 13.3. The van der Waals surface area contributed by atoms with Gasteiger partial charge in [-0.15, -0.1) is 10.2 Å².